The fourth-order valence-corrected chi connectivity index (χ4v) is 2.92. The molecule has 2 aliphatic rings. The summed E-state index contributed by atoms with van der Waals surface area (Å²) in [6, 6.07) is 4.28. The molecule has 1 aliphatic carbocycles. The molecule has 0 unspecified atom stereocenters. The van der Waals surface area contributed by atoms with Crippen LogP contribution in [0.15, 0.2) is 22.8 Å². The van der Waals surface area contributed by atoms with Crippen molar-refractivity contribution in [1.82, 2.24) is 5.32 Å². The van der Waals surface area contributed by atoms with Crippen molar-refractivity contribution in [3.63, 3.8) is 0 Å². The summed E-state index contributed by atoms with van der Waals surface area (Å²) in [6.45, 7) is 6.25. The normalized spacial score (nSPS) is 20.9. The van der Waals surface area contributed by atoms with Gasteiger partial charge >= 0.3 is 0 Å². The van der Waals surface area contributed by atoms with E-state index in [1.807, 2.05) is 6.08 Å². The van der Waals surface area contributed by atoms with Crippen LogP contribution in [-0.4, -0.2) is 11.7 Å². The number of rotatable bonds is 2. The molecule has 0 bridgehead atoms. The Morgan fingerprint density at radius 1 is 1.20 bits per heavy atom. The van der Waals surface area contributed by atoms with Gasteiger partial charge in [-0.05, 0) is 56.4 Å². The van der Waals surface area contributed by atoms with Gasteiger partial charge in [-0.3, -0.25) is 4.79 Å². The lowest BCUT2D eigenvalue weighted by molar-refractivity contribution is -0.115. The monoisotopic (exact) mass is 268 g/mol. The summed E-state index contributed by atoms with van der Waals surface area (Å²) >= 11 is 0. The highest BCUT2D eigenvalue weighted by molar-refractivity contribution is 6.15. The number of nitrogens with one attached hydrogen (secondary N) is 1. The fourth-order valence-electron chi connectivity index (χ4n) is 2.92. The maximum absolute atomic E-state index is 12.0. The fraction of sp³-hybridized carbons (Fsp3) is 0.412. The molecule has 1 aromatic rings. The van der Waals surface area contributed by atoms with Crippen LogP contribution in [0.5, 0.6) is 0 Å². The minimum Gasteiger partial charge on any atom is -0.308 e. The molecule has 0 saturated heterocycles. The summed E-state index contributed by atoms with van der Waals surface area (Å²) in [5.74, 6) is 1.27. The summed E-state index contributed by atoms with van der Waals surface area (Å²) in [4.78, 5) is 16.5. The highest BCUT2D eigenvalue weighted by Gasteiger charge is 2.30. The number of carbonyl (C=O) groups excluding carboxylic acids is 1. The van der Waals surface area contributed by atoms with E-state index in [-0.39, 0.29) is 5.91 Å². The predicted molar refractivity (Wildman–Crippen MR) is 81.5 cm³/mol. The lowest BCUT2D eigenvalue weighted by Crippen LogP contribution is -2.33. The van der Waals surface area contributed by atoms with Crippen molar-refractivity contribution in [2.75, 3.05) is 0 Å². The first-order valence-corrected chi connectivity index (χ1v) is 7.24. The smallest absolute Gasteiger partial charge is 0.275 e. The van der Waals surface area contributed by atoms with Gasteiger partial charge in [-0.25, -0.2) is 4.99 Å². The third-order valence-electron chi connectivity index (χ3n) is 4.23. The lowest BCUT2D eigenvalue weighted by atomic mass is 9.84. The van der Waals surface area contributed by atoms with Gasteiger partial charge in [-0.2, -0.15) is 0 Å². The molecule has 0 atom stereocenters. The second kappa shape index (κ2) is 4.89. The summed E-state index contributed by atoms with van der Waals surface area (Å²) in [5.41, 5.74) is 5.28. The zero-order chi connectivity index (χ0) is 14.3. The van der Waals surface area contributed by atoms with Crippen LogP contribution in [0.4, 0.5) is 0 Å². The van der Waals surface area contributed by atoms with Crippen molar-refractivity contribution in [3.8, 4) is 0 Å². The molecule has 1 heterocycles. The van der Waals surface area contributed by atoms with E-state index in [4.69, 9.17) is 0 Å². The number of amides is 1. The lowest BCUT2D eigenvalue weighted by Gasteiger charge is -2.24. The van der Waals surface area contributed by atoms with Crippen LogP contribution in [-0.2, 0) is 4.79 Å². The van der Waals surface area contributed by atoms with E-state index in [0.29, 0.717) is 11.6 Å². The molecule has 1 saturated carbocycles. The Balaban J connectivity index is 1.96. The average Bonchev–Trinajstić information content (AvgIpc) is 2.62. The highest BCUT2D eigenvalue weighted by Crippen LogP contribution is 2.30. The molecular weight excluding hydrogens is 248 g/mol. The predicted octanol–water partition coefficient (Wildman–Crippen LogP) is 3.28. The summed E-state index contributed by atoms with van der Waals surface area (Å²) in [7, 11) is 0. The first-order valence-electron chi connectivity index (χ1n) is 7.24. The largest absolute Gasteiger partial charge is 0.308 e. The number of hydrogen-bond donors (Lipinski definition) is 1. The van der Waals surface area contributed by atoms with Gasteiger partial charge in [0.2, 0.25) is 0 Å². The van der Waals surface area contributed by atoms with Crippen molar-refractivity contribution in [2.45, 2.75) is 40.0 Å². The highest BCUT2D eigenvalue weighted by atomic mass is 16.2. The van der Waals surface area contributed by atoms with Crippen LogP contribution in [0.25, 0.3) is 6.08 Å². The molecule has 3 nitrogen and oxygen atoms in total. The molecule has 1 fully saturated rings. The SMILES string of the molecule is Cc1cc(C)c(/C=C2\N=C(C3CCC3)NC2=O)c(C)c1. The van der Waals surface area contributed by atoms with Crippen molar-refractivity contribution >= 4 is 17.8 Å². The van der Waals surface area contributed by atoms with Crippen LogP contribution >= 0.6 is 0 Å². The van der Waals surface area contributed by atoms with E-state index < -0.39 is 0 Å². The van der Waals surface area contributed by atoms with Gasteiger partial charge in [0, 0.05) is 5.92 Å². The minimum atomic E-state index is -0.0636. The summed E-state index contributed by atoms with van der Waals surface area (Å²) in [6.07, 6.45) is 5.46. The molecule has 0 radical (unpaired) electrons. The van der Waals surface area contributed by atoms with Gasteiger partial charge in [-0.15, -0.1) is 0 Å². The van der Waals surface area contributed by atoms with Crippen LogP contribution in [0.3, 0.4) is 0 Å². The quantitative estimate of drug-likeness (QED) is 0.822. The van der Waals surface area contributed by atoms with Crippen molar-refractivity contribution in [3.05, 3.63) is 40.1 Å². The Labute approximate surface area is 119 Å². The number of aliphatic imine (C=N–C) groups is 1. The Morgan fingerprint density at radius 3 is 2.40 bits per heavy atom. The third kappa shape index (κ3) is 2.28. The summed E-state index contributed by atoms with van der Waals surface area (Å²) in [5, 5.41) is 2.92. The van der Waals surface area contributed by atoms with Crippen LogP contribution in [0, 0.1) is 26.7 Å². The van der Waals surface area contributed by atoms with Crippen LogP contribution in [0.2, 0.25) is 0 Å². The number of hydrogen-bond acceptors (Lipinski definition) is 2. The van der Waals surface area contributed by atoms with Crippen LogP contribution < -0.4 is 5.32 Å². The topological polar surface area (TPSA) is 41.5 Å². The first kappa shape index (κ1) is 13.1. The molecule has 1 aromatic carbocycles. The van der Waals surface area contributed by atoms with E-state index in [9.17, 15) is 4.79 Å². The van der Waals surface area contributed by atoms with E-state index in [2.05, 4.69) is 43.2 Å². The van der Waals surface area contributed by atoms with Crippen molar-refractivity contribution in [1.29, 1.82) is 0 Å². The second-order valence-corrected chi connectivity index (χ2v) is 5.92. The van der Waals surface area contributed by atoms with Gasteiger partial charge in [0.25, 0.3) is 5.91 Å². The van der Waals surface area contributed by atoms with Gasteiger partial charge in [0.15, 0.2) is 0 Å². The first-order chi connectivity index (χ1) is 9.54. The van der Waals surface area contributed by atoms with Crippen LogP contribution in [0.1, 0.15) is 41.5 Å². The maximum Gasteiger partial charge on any atom is 0.275 e. The summed E-state index contributed by atoms with van der Waals surface area (Å²) < 4.78 is 0. The molecule has 20 heavy (non-hydrogen) atoms. The average molecular weight is 268 g/mol. The van der Waals surface area contributed by atoms with Crippen molar-refractivity contribution < 1.29 is 4.79 Å². The van der Waals surface area contributed by atoms with Gasteiger partial charge in [0.1, 0.15) is 11.5 Å². The molecule has 0 spiro atoms. The second-order valence-electron chi connectivity index (χ2n) is 5.92. The Hall–Kier alpha value is -1.90. The standard InChI is InChI=1S/C17H20N2O/c1-10-7-11(2)14(12(3)8-10)9-15-17(20)19-16(18-15)13-5-4-6-13/h7-9,13H,4-6H2,1-3H3,(H,18,19,20)/b15-9-. The number of amidine groups is 1. The van der Waals surface area contributed by atoms with E-state index in [1.165, 1.54) is 23.1 Å². The number of aryl methyl sites for hydroxylation is 3. The van der Waals surface area contributed by atoms with E-state index in [1.54, 1.807) is 0 Å². The maximum atomic E-state index is 12.0. The van der Waals surface area contributed by atoms with Crippen molar-refractivity contribution in [2.24, 2.45) is 10.9 Å². The van der Waals surface area contributed by atoms with E-state index in [0.717, 1.165) is 24.2 Å². The Morgan fingerprint density at radius 2 is 1.85 bits per heavy atom. The Kier molecular flexibility index (Phi) is 3.20. The van der Waals surface area contributed by atoms with Gasteiger partial charge in [-0.1, -0.05) is 24.1 Å². The third-order valence-corrected chi connectivity index (χ3v) is 4.23. The zero-order valence-electron chi connectivity index (χ0n) is 12.3. The molecule has 1 aliphatic heterocycles. The molecular formula is C17H20N2O. The molecule has 104 valence electrons. The number of nitrogens with zero attached hydrogens (tertiary/aromatic N) is 1. The van der Waals surface area contributed by atoms with Gasteiger partial charge < -0.3 is 5.32 Å². The zero-order valence-corrected chi connectivity index (χ0v) is 12.3. The minimum absolute atomic E-state index is 0.0636. The molecule has 3 heteroatoms. The van der Waals surface area contributed by atoms with Gasteiger partial charge in [0.05, 0.1) is 0 Å². The van der Waals surface area contributed by atoms with E-state index >= 15 is 0 Å². The molecule has 0 aromatic heterocycles. The molecule has 1 N–H and O–H groups in total. The number of carbonyl (C=O) groups is 1. The molecule has 3 rings (SSSR count). The Bertz CT molecular complexity index is 613. The molecule has 1 amide bonds. The number of benzene rings is 1.